The van der Waals surface area contributed by atoms with E-state index in [2.05, 4.69) is 41.9 Å². The van der Waals surface area contributed by atoms with Crippen LogP contribution in [0.2, 0.25) is 0 Å². The summed E-state index contributed by atoms with van der Waals surface area (Å²) in [5, 5.41) is 12.9. The lowest BCUT2D eigenvalue weighted by Crippen LogP contribution is -2.45. The van der Waals surface area contributed by atoms with E-state index in [9.17, 15) is 5.11 Å². The quantitative estimate of drug-likeness (QED) is 0.443. The minimum atomic E-state index is -0.515. The number of ether oxygens (including phenoxy) is 1. The predicted molar refractivity (Wildman–Crippen MR) is 127 cm³/mol. The molecule has 1 saturated heterocycles. The number of aliphatic hydroxyl groups is 1. The van der Waals surface area contributed by atoms with E-state index in [4.69, 9.17) is 9.72 Å². The largest absolute Gasteiger partial charge is 0.490 e. The first-order chi connectivity index (χ1) is 15.1. The first kappa shape index (κ1) is 20.5. The number of benzene rings is 2. The Labute approximate surface area is 186 Å². The summed E-state index contributed by atoms with van der Waals surface area (Å²) < 4.78 is 7.23. The number of para-hydroxylation sites is 1. The van der Waals surface area contributed by atoms with Crippen molar-refractivity contribution in [1.29, 1.82) is 0 Å². The molecule has 162 valence electrons. The highest BCUT2D eigenvalue weighted by Gasteiger charge is 2.29. The van der Waals surface area contributed by atoms with Crippen LogP contribution in [0.3, 0.4) is 0 Å². The van der Waals surface area contributed by atoms with Crippen molar-refractivity contribution in [2.24, 2.45) is 0 Å². The fourth-order valence-corrected chi connectivity index (χ4v) is 5.88. The maximum Gasteiger partial charge on any atom is 0.128 e. The fraction of sp³-hybridized carbons (Fsp3) is 0.400. The summed E-state index contributed by atoms with van der Waals surface area (Å²) in [6, 6.07) is 14.8. The highest BCUT2D eigenvalue weighted by Crippen LogP contribution is 2.36. The summed E-state index contributed by atoms with van der Waals surface area (Å²) in [5.41, 5.74) is 3.46. The Balaban J connectivity index is 1.18. The van der Waals surface area contributed by atoms with E-state index >= 15 is 0 Å². The van der Waals surface area contributed by atoms with Crippen LogP contribution >= 0.6 is 11.3 Å². The molecule has 0 aliphatic carbocycles. The minimum Gasteiger partial charge on any atom is -0.490 e. The van der Waals surface area contributed by atoms with Gasteiger partial charge in [0.05, 0.1) is 15.2 Å². The molecule has 5 nitrogen and oxygen atoms in total. The van der Waals surface area contributed by atoms with Crippen LogP contribution in [0.25, 0.3) is 21.1 Å². The third kappa shape index (κ3) is 4.20. The fourth-order valence-electron chi connectivity index (χ4n) is 4.69. The van der Waals surface area contributed by atoms with Gasteiger partial charge in [-0.15, -0.1) is 11.3 Å². The molecular weight excluding hydrogens is 406 g/mol. The first-order valence-electron chi connectivity index (χ1n) is 11.1. The van der Waals surface area contributed by atoms with E-state index in [1.807, 2.05) is 41.8 Å². The molecule has 1 aliphatic heterocycles. The molecule has 0 saturated carbocycles. The number of β-amino-alcohol motifs (C(OH)–C–C–N with tert-alkyl or cyclic N) is 1. The van der Waals surface area contributed by atoms with Gasteiger partial charge in [0.2, 0.25) is 0 Å². The third-order valence-electron chi connectivity index (χ3n) is 6.43. The Morgan fingerprint density at radius 3 is 2.97 bits per heavy atom. The van der Waals surface area contributed by atoms with Crippen LogP contribution in [-0.4, -0.2) is 51.8 Å². The number of H-pyrrole nitrogens is 1. The van der Waals surface area contributed by atoms with E-state index in [1.165, 1.54) is 15.3 Å². The van der Waals surface area contributed by atoms with Crippen LogP contribution in [0.15, 0.2) is 48.7 Å². The van der Waals surface area contributed by atoms with Gasteiger partial charge < -0.3 is 14.8 Å². The second kappa shape index (κ2) is 8.61. The molecule has 31 heavy (non-hydrogen) atoms. The number of nitrogens with one attached hydrogen (secondary N) is 1. The van der Waals surface area contributed by atoms with Gasteiger partial charge in [-0.3, -0.25) is 4.90 Å². The molecule has 1 fully saturated rings. The average molecular weight is 436 g/mol. The summed E-state index contributed by atoms with van der Waals surface area (Å²) in [6.07, 6.45) is 3.56. The smallest absolute Gasteiger partial charge is 0.128 e. The number of hydrogen-bond acceptors (Lipinski definition) is 5. The molecular formula is C25H29N3O2S. The Hall–Kier alpha value is -2.41. The topological polar surface area (TPSA) is 61.4 Å². The minimum absolute atomic E-state index is 0.300. The molecule has 0 amide bonds. The van der Waals surface area contributed by atoms with Crippen molar-refractivity contribution in [1.82, 2.24) is 14.9 Å². The van der Waals surface area contributed by atoms with Crippen molar-refractivity contribution in [3.8, 4) is 5.75 Å². The van der Waals surface area contributed by atoms with Gasteiger partial charge in [-0.1, -0.05) is 18.2 Å². The van der Waals surface area contributed by atoms with E-state index in [1.54, 1.807) is 0 Å². The van der Waals surface area contributed by atoms with Crippen molar-refractivity contribution in [3.63, 3.8) is 0 Å². The zero-order valence-corrected chi connectivity index (χ0v) is 18.9. The summed E-state index contributed by atoms with van der Waals surface area (Å²) in [6.45, 7) is 6.31. The molecule has 1 aliphatic rings. The van der Waals surface area contributed by atoms with Crippen LogP contribution in [-0.2, 0) is 0 Å². The van der Waals surface area contributed by atoms with Crippen LogP contribution in [0, 0.1) is 6.92 Å². The third-order valence-corrected chi connectivity index (χ3v) is 7.61. The van der Waals surface area contributed by atoms with E-state index < -0.39 is 6.10 Å². The first-order valence-corrected chi connectivity index (χ1v) is 11.9. The van der Waals surface area contributed by atoms with Gasteiger partial charge in [-0.05, 0) is 63.1 Å². The summed E-state index contributed by atoms with van der Waals surface area (Å²) in [4.78, 5) is 10.5. The molecule has 2 aromatic carbocycles. The normalized spacial score (nSPS) is 21.0. The molecule has 2 aromatic heterocycles. The van der Waals surface area contributed by atoms with Crippen molar-refractivity contribution in [3.05, 3.63) is 59.2 Å². The average Bonchev–Trinajstić information content (AvgIpc) is 3.41. The van der Waals surface area contributed by atoms with Gasteiger partial charge in [0.1, 0.15) is 18.5 Å². The molecule has 5 rings (SSSR count). The maximum absolute atomic E-state index is 10.6. The van der Waals surface area contributed by atoms with E-state index in [-0.39, 0.29) is 0 Å². The highest BCUT2D eigenvalue weighted by molar-refractivity contribution is 7.18. The van der Waals surface area contributed by atoms with Crippen LogP contribution in [0.4, 0.5) is 0 Å². The number of aryl methyl sites for hydroxylation is 1. The highest BCUT2D eigenvalue weighted by atomic mass is 32.1. The number of aromatic nitrogens is 2. The molecule has 0 radical (unpaired) electrons. The van der Waals surface area contributed by atoms with Gasteiger partial charge in [0.25, 0.3) is 0 Å². The molecule has 0 bridgehead atoms. The summed E-state index contributed by atoms with van der Waals surface area (Å²) in [7, 11) is 0. The molecule has 4 aromatic rings. The number of aliphatic hydroxyl groups excluding tert-OH is 1. The number of nitrogens with zero attached hydrogens (tertiary/aromatic N) is 2. The van der Waals surface area contributed by atoms with Gasteiger partial charge >= 0.3 is 0 Å². The Morgan fingerprint density at radius 1 is 1.26 bits per heavy atom. The zero-order chi connectivity index (χ0) is 21.4. The molecule has 3 heterocycles. The van der Waals surface area contributed by atoms with E-state index in [0.717, 1.165) is 41.6 Å². The van der Waals surface area contributed by atoms with Crippen LogP contribution in [0.1, 0.15) is 36.3 Å². The number of hydrogen-bond donors (Lipinski definition) is 2. The van der Waals surface area contributed by atoms with Crippen molar-refractivity contribution < 1.29 is 9.84 Å². The van der Waals surface area contributed by atoms with Gasteiger partial charge in [-0.2, -0.15) is 0 Å². The Kier molecular flexibility index (Phi) is 5.69. The standard InChI is InChI=1S/C25H29N3O2S/c1-16-5-3-8-23-24(16)27-25(31-23)18-10-12-28(17(2)13-18)14-19(29)15-30-22-7-4-6-21-20(22)9-11-26-21/h3-9,11,17-19,26,29H,10,12-15H2,1-2H3/t17-,18-,19-/m0/s1. The number of thiazole rings is 1. The molecule has 2 N–H and O–H groups in total. The van der Waals surface area contributed by atoms with Crippen LogP contribution in [0.5, 0.6) is 5.75 Å². The molecule has 3 atom stereocenters. The van der Waals surface area contributed by atoms with Gasteiger partial charge in [0.15, 0.2) is 0 Å². The SMILES string of the molecule is Cc1cccc2sc([C@H]3CCN(C[C@H](O)COc4cccc5[nH]ccc45)[C@@H](C)C3)nc12. The maximum atomic E-state index is 10.6. The number of rotatable bonds is 6. The summed E-state index contributed by atoms with van der Waals surface area (Å²) in [5.74, 6) is 1.32. The lowest BCUT2D eigenvalue weighted by Gasteiger charge is -2.38. The van der Waals surface area contributed by atoms with Crippen molar-refractivity contribution >= 4 is 32.5 Å². The Bertz CT molecular complexity index is 1180. The number of fused-ring (bicyclic) bond motifs is 2. The van der Waals surface area contributed by atoms with E-state index in [0.29, 0.717) is 25.1 Å². The molecule has 0 unspecified atom stereocenters. The van der Waals surface area contributed by atoms with Crippen molar-refractivity contribution in [2.45, 2.75) is 44.8 Å². The zero-order valence-electron chi connectivity index (χ0n) is 18.0. The van der Waals surface area contributed by atoms with Gasteiger partial charge in [-0.25, -0.2) is 4.98 Å². The lowest BCUT2D eigenvalue weighted by atomic mass is 9.92. The molecule has 0 spiro atoms. The van der Waals surface area contributed by atoms with Gasteiger partial charge in [0, 0.05) is 35.6 Å². The number of aromatic amines is 1. The number of piperidine rings is 1. The summed E-state index contributed by atoms with van der Waals surface area (Å²) >= 11 is 1.84. The monoisotopic (exact) mass is 435 g/mol. The number of likely N-dealkylation sites (tertiary alicyclic amines) is 1. The predicted octanol–water partition coefficient (Wildman–Crippen LogP) is 5.09. The Morgan fingerprint density at radius 2 is 2.13 bits per heavy atom. The van der Waals surface area contributed by atoms with Crippen LogP contribution < -0.4 is 4.74 Å². The molecule has 6 heteroatoms. The second-order valence-electron chi connectivity index (χ2n) is 8.70. The van der Waals surface area contributed by atoms with Crippen molar-refractivity contribution in [2.75, 3.05) is 19.7 Å². The second-order valence-corrected chi connectivity index (χ2v) is 9.76. The lowest BCUT2D eigenvalue weighted by molar-refractivity contribution is 0.0406.